The summed E-state index contributed by atoms with van der Waals surface area (Å²) in [6, 6.07) is 1.58. The van der Waals surface area contributed by atoms with Crippen LogP contribution in [-0.4, -0.2) is 27.0 Å². The molecule has 1 aliphatic rings. The molecular weight excluding hydrogens is 282 g/mol. The number of carbonyl (C=O) groups excluding carboxylic acids is 1. The second-order valence-corrected chi connectivity index (χ2v) is 5.56. The number of rotatable bonds is 4. The number of amides is 1. The minimum absolute atomic E-state index is 0.0583. The number of aryl methyl sites for hydroxylation is 1. The molecule has 0 unspecified atom stereocenters. The van der Waals surface area contributed by atoms with Crippen molar-refractivity contribution in [1.82, 2.24) is 9.97 Å². The lowest BCUT2D eigenvalue weighted by atomic mass is 9.82. The molecule has 1 fully saturated rings. The summed E-state index contributed by atoms with van der Waals surface area (Å²) in [6.45, 7) is 1.74. The van der Waals surface area contributed by atoms with Crippen molar-refractivity contribution in [1.29, 1.82) is 0 Å². The first-order valence-electron chi connectivity index (χ1n) is 6.46. The molecule has 1 saturated carbocycles. The van der Waals surface area contributed by atoms with Gasteiger partial charge in [-0.25, -0.2) is 9.97 Å². The van der Waals surface area contributed by atoms with E-state index in [0.29, 0.717) is 18.5 Å². The van der Waals surface area contributed by atoms with Crippen LogP contribution in [0, 0.1) is 12.3 Å². The van der Waals surface area contributed by atoms with Gasteiger partial charge in [-0.3, -0.25) is 14.9 Å². The van der Waals surface area contributed by atoms with Crippen molar-refractivity contribution in [2.45, 2.75) is 39.0 Å². The molecular formula is C13H16ClN3O3. The molecule has 1 aromatic heterocycles. The summed E-state index contributed by atoms with van der Waals surface area (Å²) < 4.78 is 0. The normalized spacial score (nSPS) is 16.9. The van der Waals surface area contributed by atoms with E-state index < -0.39 is 17.3 Å². The van der Waals surface area contributed by atoms with E-state index in [1.807, 2.05) is 0 Å². The predicted octanol–water partition coefficient (Wildman–Crippen LogP) is 2.41. The smallest absolute Gasteiger partial charge is 0.310 e. The molecule has 0 aliphatic heterocycles. The quantitative estimate of drug-likeness (QED) is 0.833. The summed E-state index contributed by atoms with van der Waals surface area (Å²) in [5.41, 5.74) is -0.313. The van der Waals surface area contributed by atoms with Crippen LogP contribution in [0.2, 0.25) is 5.15 Å². The van der Waals surface area contributed by atoms with Gasteiger partial charge in [-0.1, -0.05) is 24.4 Å². The van der Waals surface area contributed by atoms with Crippen molar-refractivity contribution in [3.05, 3.63) is 16.9 Å². The van der Waals surface area contributed by atoms with Crippen LogP contribution in [0.4, 0.5) is 5.95 Å². The highest BCUT2D eigenvalue weighted by atomic mass is 35.5. The number of carboxylic acids is 1. The Kier molecular flexibility index (Phi) is 4.23. The first kappa shape index (κ1) is 14.7. The lowest BCUT2D eigenvalue weighted by Crippen LogP contribution is -2.33. The molecule has 0 aromatic carbocycles. The second kappa shape index (κ2) is 5.75. The molecule has 0 saturated heterocycles. The van der Waals surface area contributed by atoms with Gasteiger partial charge in [0.25, 0.3) is 0 Å². The van der Waals surface area contributed by atoms with Crippen LogP contribution in [0.3, 0.4) is 0 Å². The van der Waals surface area contributed by atoms with E-state index in [2.05, 4.69) is 15.3 Å². The van der Waals surface area contributed by atoms with Gasteiger partial charge in [-0.05, 0) is 25.8 Å². The molecule has 1 heterocycles. The molecule has 0 atom stereocenters. The SMILES string of the molecule is Cc1cc(Cl)nc(NC(=O)CC2(C(=O)O)CCCC2)n1. The third kappa shape index (κ3) is 3.25. The third-order valence-electron chi connectivity index (χ3n) is 3.59. The molecule has 1 aromatic rings. The first-order valence-corrected chi connectivity index (χ1v) is 6.83. The molecule has 2 rings (SSSR count). The molecule has 108 valence electrons. The Bertz CT molecular complexity index is 521. The zero-order valence-electron chi connectivity index (χ0n) is 11.1. The van der Waals surface area contributed by atoms with Crippen LogP contribution in [-0.2, 0) is 9.59 Å². The van der Waals surface area contributed by atoms with Gasteiger partial charge in [0.1, 0.15) is 5.15 Å². The predicted molar refractivity (Wildman–Crippen MR) is 73.6 cm³/mol. The van der Waals surface area contributed by atoms with Gasteiger partial charge in [0.2, 0.25) is 11.9 Å². The molecule has 20 heavy (non-hydrogen) atoms. The number of hydrogen-bond acceptors (Lipinski definition) is 4. The topological polar surface area (TPSA) is 92.2 Å². The fraction of sp³-hybridized carbons (Fsp3) is 0.538. The van der Waals surface area contributed by atoms with E-state index >= 15 is 0 Å². The van der Waals surface area contributed by atoms with Gasteiger partial charge in [0.05, 0.1) is 5.41 Å². The lowest BCUT2D eigenvalue weighted by Gasteiger charge is -2.22. The summed E-state index contributed by atoms with van der Waals surface area (Å²) >= 11 is 5.79. The maximum atomic E-state index is 12.0. The van der Waals surface area contributed by atoms with Crippen molar-refractivity contribution in [2.24, 2.45) is 5.41 Å². The number of aromatic nitrogens is 2. The van der Waals surface area contributed by atoms with Crippen LogP contribution in [0.25, 0.3) is 0 Å². The van der Waals surface area contributed by atoms with Gasteiger partial charge in [-0.15, -0.1) is 0 Å². The molecule has 1 amide bonds. The number of nitrogens with one attached hydrogen (secondary N) is 1. The van der Waals surface area contributed by atoms with Crippen molar-refractivity contribution in [3.8, 4) is 0 Å². The monoisotopic (exact) mass is 297 g/mol. The zero-order valence-corrected chi connectivity index (χ0v) is 11.9. The molecule has 7 heteroatoms. The fourth-order valence-electron chi connectivity index (χ4n) is 2.58. The van der Waals surface area contributed by atoms with Gasteiger partial charge in [0, 0.05) is 12.1 Å². The number of aliphatic carboxylic acids is 1. The standard InChI is InChI=1S/C13H16ClN3O3/c1-8-6-9(14)16-12(15-8)17-10(18)7-13(11(19)20)4-2-3-5-13/h6H,2-5,7H2,1H3,(H,19,20)(H,15,16,17,18). The summed E-state index contributed by atoms with van der Waals surface area (Å²) in [5, 5.41) is 12.1. The highest BCUT2D eigenvalue weighted by molar-refractivity contribution is 6.29. The molecule has 0 spiro atoms. The number of anilines is 1. The number of halogens is 1. The van der Waals surface area contributed by atoms with E-state index in [-0.39, 0.29) is 17.5 Å². The minimum atomic E-state index is -0.947. The zero-order chi connectivity index (χ0) is 14.8. The van der Waals surface area contributed by atoms with Crippen LogP contribution >= 0.6 is 11.6 Å². The van der Waals surface area contributed by atoms with Crippen molar-refractivity contribution in [3.63, 3.8) is 0 Å². The van der Waals surface area contributed by atoms with Crippen LogP contribution in [0.15, 0.2) is 6.07 Å². The summed E-state index contributed by atoms with van der Waals surface area (Å²) in [4.78, 5) is 31.3. The number of carbonyl (C=O) groups is 2. The Morgan fingerprint density at radius 1 is 1.40 bits per heavy atom. The summed E-state index contributed by atoms with van der Waals surface area (Å²) in [5.74, 6) is -1.19. The van der Waals surface area contributed by atoms with Crippen molar-refractivity contribution >= 4 is 29.4 Å². The maximum absolute atomic E-state index is 12.0. The lowest BCUT2D eigenvalue weighted by molar-refractivity contribution is -0.150. The van der Waals surface area contributed by atoms with Crippen LogP contribution in [0.1, 0.15) is 37.8 Å². The summed E-state index contributed by atoms with van der Waals surface area (Å²) in [7, 11) is 0. The average molecular weight is 298 g/mol. The average Bonchev–Trinajstić information content (AvgIpc) is 2.76. The molecule has 2 N–H and O–H groups in total. The Balaban J connectivity index is 2.06. The van der Waals surface area contributed by atoms with Crippen LogP contribution in [0.5, 0.6) is 0 Å². The van der Waals surface area contributed by atoms with E-state index in [9.17, 15) is 14.7 Å². The largest absolute Gasteiger partial charge is 0.481 e. The highest BCUT2D eigenvalue weighted by Gasteiger charge is 2.43. The van der Waals surface area contributed by atoms with E-state index in [1.54, 1.807) is 13.0 Å². The molecule has 0 bridgehead atoms. The molecule has 1 aliphatic carbocycles. The van der Waals surface area contributed by atoms with E-state index in [1.165, 1.54) is 0 Å². The highest BCUT2D eigenvalue weighted by Crippen LogP contribution is 2.41. The minimum Gasteiger partial charge on any atom is -0.481 e. The second-order valence-electron chi connectivity index (χ2n) is 5.17. The van der Waals surface area contributed by atoms with Gasteiger partial charge >= 0.3 is 5.97 Å². The van der Waals surface area contributed by atoms with E-state index in [4.69, 9.17) is 11.6 Å². The van der Waals surface area contributed by atoms with Crippen molar-refractivity contribution < 1.29 is 14.7 Å². The van der Waals surface area contributed by atoms with Crippen molar-refractivity contribution in [2.75, 3.05) is 5.32 Å². The number of carboxylic acid groups (broad SMARTS) is 1. The van der Waals surface area contributed by atoms with Gasteiger partial charge < -0.3 is 5.11 Å². The Morgan fingerprint density at radius 3 is 2.60 bits per heavy atom. The molecule has 0 radical (unpaired) electrons. The van der Waals surface area contributed by atoms with Gasteiger partial charge in [-0.2, -0.15) is 0 Å². The Labute approximate surface area is 121 Å². The maximum Gasteiger partial charge on any atom is 0.310 e. The van der Waals surface area contributed by atoms with E-state index in [0.717, 1.165) is 12.8 Å². The fourth-order valence-corrected chi connectivity index (χ4v) is 2.82. The van der Waals surface area contributed by atoms with Crippen LogP contribution < -0.4 is 5.32 Å². The Hall–Kier alpha value is -1.69. The summed E-state index contributed by atoms with van der Waals surface area (Å²) in [6.07, 6.45) is 2.69. The Morgan fingerprint density at radius 2 is 2.05 bits per heavy atom. The third-order valence-corrected chi connectivity index (χ3v) is 3.78. The number of nitrogens with zero attached hydrogens (tertiary/aromatic N) is 2. The number of hydrogen-bond donors (Lipinski definition) is 2. The van der Waals surface area contributed by atoms with Gasteiger partial charge in [0.15, 0.2) is 0 Å². The first-order chi connectivity index (χ1) is 9.41. The molecule has 6 nitrogen and oxygen atoms in total.